The Balaban J connectivity index is 1.27. The van der Waals surface area contributed by atoms with E-state index in [-0.39, 0.29) is 20.0 Å². The van der Waals surface area contributed by atoms with Crippen molar-refractivity contribution in [1.82, 2.24) is 4.98 Å². The van der Waals surface area contributed by atoms with E-state index < -0.39 is 5.97 Å². The summed E-state index contributed by atoms with van der Waals surface area (Å²) >= 11 is 1.45. The maximum Gasteiger partial charge on any atom is 0.347 e. The highest BCUT2D eigenvalue weighted by atomic mass is 32.1. The van der Waals surface area contributed by atoms with Gasteiger partial charge in [0.05, 0.1) is 25.1 Å². The van der Waals surface area contributed by atoms with Gasteiger partial charge in [-0.3, -0.25) is 0 Å². The molecule has 0 fully saturated rings. The number of hydrogen-bond donors (Lipinski definition) is 0. The van der Waals surface area contributed by atoms with E-state index in [9.17, 15) is 4.79 Å². The third-order valence-electron chi connectivity index (χ3n) is 4.82. The van der Waals surface area contributed by atoms with E-state index in [1.165, 1.54) is 11.3 Å². The lowest BCUT2D eigenvalue weighted by Crippen LogP contribution is -2.11. The second-order valence-electron chi connectivity index (χ2n) is 7.12. The molecule has 0 saturated heterocycles. The first-order valence-electron chi connectivity index (χ1n) is 10.5. The Morgan fingerprint density at radius 3 is 2.82 bits per heavy atom. The number of hydrogen-bond acceptors (Lipinski definition) is 10. The van der Waals surface area contributed by atoms with Crippen LogP contribution in [0, 0.1) is 0 Å². The number of esters is 1. The van der Waals surface area contributed by atoms with Crippen molar-refractivity contribution in [2.24, 2.45) is 5.16 Å². The number of thiazole rings is 1. The number of methoxy groups -OCH3 is 1. The zero-order chi connectivity index (χ0) is 23.9. The third kappa shape index (κ3) is 5.57. The molecule has 9 nitrogen and oxygen atoms in total. The second-order valence-corrected chi connectivity index (χ2v) is 7.98. The van der Waals surface area contributed by atoms with Crippen LogP contribution in [0.3, 0.4) is 0 Å². The SMILES string of the molecule is CCOc1ccc(-c2nc(COC(=O)CO/N=C(\C)c3ccc4c(c3)OCO4)cs2)cc1OC. The van der Waals surface area contributed by atoms with Crippen molar-refractivity contribution in [3.63, 3.8) is 0 Å². The number of aromatic nitrogens is 1. The Labute approximate surface area is 200 Å². The van der Waals surface area contributed by atoms with Gasteiger partial charge in [-0.25, -0.2) is 9.78 Å². The molecule has 0 amide bonds. The molecule has 0 atom stereocenters. The van der Waals surface area contributed by atoms with Gasteiger partial charge >= 0.3 is 5.97 Å². The molecule has 1 aromatic heterocycles. The molecule has 0 aliphatic carbocycles. The zero-order valence-corrected chi connectivity index (χ0v) is 19.8. The first-order valence-corrected chi connectivity index (χ1v) is 11.4. The molecule has 0 radical (unpaired) electrons. The molecule has 0 spiro atoms. The number of fused-ring (bicyclic) bond motifs is 1. The molecule has 0 N–H and O–H groups in total. The molecule has 2 heterocycles. The average Bonchev–Trinajstić information content (AvgIpc) is 3.52. The van der Waals surface area contributed by atoms with Crippen LogP contribution in [0.25, 0.3) is 10.6 Å². The Morgan fingerprint density at radius 1 is 1.15 bits per heavy atom. The number of ether oxygens (including phenoxy) is 5. The van der Waals surface area contributed by atoms with Crippen molar-refractivity contribution in [3.8, 4) is 33.6 Å². The van der Waals surface area contributed by atoms with E-state index in [0.717, 1.165) is 16.1 Å². The van der Waals surface area contributed by atoms with E-state index in [4.69, 9.17) is 28.5 Å². The summed E-state index contributed by atoms with van der Waals surface area (Å²) < 4.78 is 26.8. The van der Waals surface area contributed by atoms with Gasteiger partial charge in [-0.2, -0.15) is 0 Å². The van der Waals surface area contributed by atoms with Crippen molar-refractivity contribution in [3.05, 3.63) is 53.0 Å². The topological polar surface area (TPSA) is 97.7 Å². The lowest BCUT2D eigenvalue weighted by atomic mass is 10.1. The molecule has 0 saturated carbocycles. The Morgan fingerprint density at radius 2 is 2.00 bits per heavy atom. The lowest BCUT2D eigenvalue weighted by Gasteiger charge is -2.09. The van der Waals surface area contributed by atoms with Crippen LogP contribution in [-0.4, -0.2) is 43.8 Å². The summed E-state index contributed by atoms with van der Waals surface area (Å²) in [4.78, 5) is 21.7. The standard InChI is InChI=1S/C24H24N2O7S/c1-4-29-19-8-6-17(10-21(19)28-3)24-25-18(13-34-24)11-30-23(27)12-33-26-15(2)16-5-7-20-22(9-16)32-14-31-20/h5-10,13H,4,11-12,14H2,1-3H3/b26-15+. The molecule has 1 aliphatic rings. The van der Waals surface area contributed by atoms with Gasteiger partial charge < -0.3 is 28.5 Å². The van der Waals surface area contributed by atoms with E-state index in [0.29, 0.717) is 41.0 Å². The van der Waals surface area contributed by atoms with Gasteiger partial charge in [0, 0.05) is 16.5 Å². The smallest absolute Gasteiger partial charge is 0.347 e. The predicted octanol–water partition coefficient (Wildman–Crippen LogP) is 4.43. The minimum atomic E-state index is -0.542. The van der Waals surface area contributed by atoms with E-state index in [1.807, 2.05) is 42.6 Å². The molecule has 0 bridgehead atoms. The van der Waals surface area contributed by atoms with Crippen molar-refractivity contribution in [2.45, 2.75) is 20.5 Å². The maximum atomic E-state index is 12.0. The van der Waals surface area contributed by atoms with Crippen molar-refractivity contribution < 1.29 is 33.3 Å². The second kappa shape index (κ2) is 10.9. The van der Waals surface area contributed by atoms with Gasteiger partial charge in [0.1, 0.15) is 11.6 Å². The summed E-state index contributed by atoms with van der Waals surface area (Å²) in [6.07, 6.45) is 0. The fourth-order valence-corrected chi connectivity index (χ4v) is 3.93. The number of oxime groups is 1. The Hall–Kier alpha value is -3.79. The van der Waals surface area contributed by atoms with Gasteiger partial charge in [0.25, 0.3) is 0 Å². The molecular weight excluding hydrogens is 460 g/mol. The van der Waals surface area contributed by atoms with Gasteiger partial charge in [-0.05, 0) is 50.2 Å². The van der Waals surface area contributed by atoms with E-state index in [2.05, 4.69) is 10.1 Å². The largest absolute Gasteiger partial charge is 0.493 e. The molecule has 10 heteroatoms. The van der Waals surface area contributed by atoms with Gasteiger partial charge in [0.15, 0.2) is 23.0 Å². The molecule has 178 valence electrons. The molecule has 0 unspecified atom stereocenters. The van der Waals surface area contributed by atoms with Gasteiger partial charge in [0.2, 0.25) is 13.4 Å². The highest BCUT2D eigenvalue weighted by Gasteiger charge is 2.15. The van der Waals surface area contributed by atoms with Gasteiger partial charge in [-0.1, -0.05) is 5.16 Å². The molecule has 3 aromatic rings. The average molecular weight is 485 g/mol. The number of carbonyl (C=O) groups excluding carboxylic acids is 1. The number of benzene rings is 2. The molecule has 34 heavy (non-hydrogen) atoms. The van der Waals surface area contributed by atoms with Gasteiger partial charge in [-0.15, -0.1) is 11.3 Å². The lowest BCUT2D eigenvalue weighted by molar-refractivity contribution is -0.150. The van der Waals surface area contributed by atoms with Crippen LogP contribution in [0.1, 0.15) is 25.1 Å². The number of rotatable bonds is 10. The third-order valence-corrected chi connectivity index (χ3v) is 5.76. The van der Waals surface area contributed by atoms with Crippen LogP contribution in [0.4, 0.5) is 0 Å². The molecule has 2 aromatic carbocycles. The quantitative estimate of drug-likeness (QED) is 0.237. The predicted molar refractivity (Wildman–Crippen MR) is 126 cm³/mol. The minimum Gasteiger partial charge on any atom is -0.493 e. The van der Waals surface area contributed by atoms with Crippen LogP contribution in [-0.2, 0) is 21.0 Å². The number of carbonyl (C=O) groups is 1. The highest BCUT2D eigenvalue weighted by Crippen LogP contribution is 2.34. The van der Waals surface area contributed by atoms with Crippen LogP contribution in [0.15, 0.2) is 46.9 Å². The number of nitrogens with zero attached hydrogens (tertiary/aromatic N) is 2. The maximum absolute atomic E-state index is 12.0. The van der Waals surface area contributed by atoms with E-state index >= 15 is 0 Å². The Kier molecular flexibility index (Phi) is 7.48. The fourth-order valence-electron chi connectivity index (χ4n) is 3.13. The van der Waals surface area contributed by atoms with Crippen LogP contribution in [0.5, 0.6) is 23.0 Å². The van der Waals surface area contributed by atoms with Crippen molar-refractivity contribution in [2.75, 3.05) is 27.1 Å². The minimum absolute atomic E-state index is 0.0394. The Bertz CT molecular complexity index is 1190. The molecule has 4 rings (SSSR count). The summed E-state index contributed by atoms with van der Waals surface area (Å²) in [5.41, 5.74) is 2.93. The normalized spacial score (nSPS) is 12.4. The van der Waals surface area contributed by atoms with Crippen LogP contribution in [0.2, 0.25) is 0 Å². The molecule has 1 aliphatic heterocycles. The summed E-state index contributed by atoms with van der Waals surface area (Å²) in [5, 5.41) is 6.61. The monoisotopic (exact) mass is 484 g/mol. The summed E-state index contributed by atoms with van der Waals surface area (Å²) in [5.74, 6) is 2.11. The van der Waals surface area contributed by atoms with Crippen molar-refractivity contribution >= 4 is 23.0 Å². The summed E-state index contributed by atoms with van der Waals surface area (Å²) in [6.45, 7) is 4.17. The molecular formula is C24H24N2O7S. The fraction of sp³-hybridized carbons (Fsp3) is 0.292. The zero-order valence-electron chi connectivity index (χ0n) is 19.0. The van der Waals surface area contributed by atoms with Crippen LogP contribution >= 0.6 is 11.3 Å². The van der Waals surface area contributed by atoms with E-state index in [1.54, 1.807) is 20.1 Å². The van der Waals surface area contributed by atoms with Crippen LogP contribution < -0.4 is 18.9 Å². The highest BCUT2D eigenvalue weighted by molar-refractivity contribution is 7.13. The first kappa shape index (κ1) is 23.4. The summed E-state index contributed by atoms with van der Waals surface area (Å²) in [6, 6.07) is 11.1. The summed E-state index contributed by atoms with van der Waals surface area (Å²) in [7, 11) is 1.59. The van der Waals surface area contributed by atoms with Crippen molar-refractivity contribution in [1.29, 1.82) is 0 Å². The first-order chi connectivity index (χ1) is 16.6.